The van der Waals surface area contributed by atoms with Gasteiger partial charge in [0.2, 0.25) is 5.91 Å². The number of benzene rings is 1. The maximum absolute atomic E-state index is 14.4. The molecule has 1 aromatic heterocycles. The van der Waals surface area contributed by atoms with Crippen molar-refractivity contribution >= 4 is 44.4 Å². The normalized spacial score (nSPS) is 31.3. The number of hydrogen-bond donors (Lipinski definition) is 5. The zero-order valence-corrected chi connectivity index (χ0v) is 34.5. The maximum Gasteiger partial charge on any atom is 0.339 e. The van der Waals surface area contributed by atoms with Crippen LogP contribution in [0.2, 0.25) is 0 Å². The molecule has 6 aliphatic rings. The summed E-state index contributed by atoms with van der Waals surface area (Å²) in [5.41, 5.74) is 8.71. The zero-order chi connectivity index (χ0) is 40.2. The molecule has 14 heteroatoms. The molecule has 0 bridgehead atoms. The van der Waals surface area contributed by atoms with Crippen molar-refractivity contribution in [2.24, 2.45) is 23.5 Å². The molecule has 1 fully saturated rings. The number of nitrogens with two attached hydrogens (primary N) is 1. The Morgan fingerprint density at radius 3 is 2.82 bits per heavy atom. The second-order valence-corrected chi connectivity index (χ2v) is 19.0. The molecule has 304 valence electrons. The molecule has 1 spiro atoms. The quantitative estimate of drug-likeness (QED) is 0.0850. The Kier molecular flexibility index (Phi) is 11.0. The van der Waals surface area contributed by atoms with Gasteiger partial charge in [-0.15, -0.1) is 0 Å². The van der Waals surface area contributed by atoms with Crippen molar-refractivity contribution in [2.45, 2.75) is 81.4 Å². The van der Waals surface area contributed by atoms with Gasteiger partial charge in [-0.3, -0.25) is 4.79 Å². The highest BCUT2D eigenvalue weighted by atomic mass is 33.1. The van der Waals surface area contributed by atoms with Crippen LogP contribution in [0, 0.1) is 17.8 Å². The first-order chi connectivity index (χ1) is 27.4. The number of allylic oxidation sites excluding steroid dienone is 2. The number of hydrogen-bond acceptors (Lipinski definition) is 13. The predicted octanol–water partition coefficient (Wildman–Crippen LogP) is 4.05. The van der Waals surface area contributed by atoms with E-state index < -0.39 is 28.7 Å². The van der Waals surface area contributed by atoms with E-state index in [1.165, 1.54) is 0 Å². The van der Waals surface area contributed by atoms with Crippen LogP contribution in [-0.4, -0.2) is 94.6 Å². The van der Waals surface area contributed by atoms with Crippen LogP contribution in [0.15, 0.2) is 85.9 Å². The molecule has 0 saturated carbocycles. The van der Waals surface area contributed by atoms with E-state index in [0.29, 0.717) is 77.7 Å². The monoisotopic (exact) mass is 816 g/mol. The minimum Gasteiger partial charge on any atom is -0.481 e. The molecule has 57 heavy (non-hydrogen) atoms. The van der Waals surface area contributed by atoms with Crippen LogP contribution in [0.25, 0.3) is 11.0 Å². The summed E-state index contributed by atoms with van der Waals surface area (Å²) in [6.07, 6.45) is 11.9. The van der Waals surface area contributed by atoms with Gasteiger partial charge in [0, 0.05) is 79.4 Å². The fourth-order valence-corrected chi connectivity index (χ4v) is 12.6. The number of amides is 1. The highest BCUT2D eigenvalue weighted by Gasteiger charge is 2.64. The minimum atomic E-state index is -1.19. The third-order valence-electron chi connectivity index (χ3n) is 13.1. The van der Waals surface area contributed by atoms with Gasteiger partial charge in [-0.25, -0.2) is 9.59 Å². The second-order valence-electron chi connectivity index (χ2n) is 16.4. The zero-order valence-electron chi connectivity index (χ0n) is 32.8. The number of dihydropyridines is 1. The number of likely N-dealkylation sites (N-methyl/N-ethyl adjacent to an activating group) is 1. The molecular weight excluding hydrogens is 765 g/mol. The van der Waals surface area contributed by atoms with Gasteiger partial charge in [0.15, 0.2) is 11.2 Å². The molecule has 0 radical (unpaired) electrons. The third kappa shape index (κ3) is 6.94. The largest absolute Gasteiger partial charge is 0.481 e. The Hall–Kier alpha value is -3.95. The Morgan fingerprint density at radius 1 is 1.25 bits per heavy atom. The summed E-state index contributed by atoms with van der Waals surface area (Å²) in [7, 11) is 5.54. The number of aliphatic hydroxyl groups is 2. The number of fused-ring (bicyclic) bond motifs is 5. The van der Waals surface area contributed by atoms with Gasteiger partial charge >= 0.3 is 11.6 Å². The molecule has 8 atom stereocenters. The van der Waals surface area contributed by atoms with Crippen LogP contribution in [0.3, 0.4) is 0 Å². The molecule has 1 saturated heterocycles. The molecule has 5 heterocycles. The molecule has 1 aromatic carbocycles. The SMILES string of the molecule is C/C=C(\C)C(=O)O[C@]1(C)CC=C2CSS[C@@H]3C=C[C@H](NC)[C@H]4CN(C(=O)CC5=C(C=C(N)NC5)[C@H]2[C@]12Cc1cc5cc(C[C@H](CO)CCO)c(=O)oc5cc1O2)[C@H]43. The average Bonchev–Trinajstić information content (AvgIpc) is 3.55. The number of esters is 1. The Labute approximate surface area is 340 Å². The molecule has 6 N–H and O–H groups in total. The van der Waals surface area contributed by atoms with E-state index in [1.54, 1.807) is 53.6 Å². The smallest absolute Gasteiger partial charge is 0.339 e. The van der Waals surface area contributed by atoms with Crippen LogP contribution in [-0.2, 0) is 27.2 Å². The summed E-state index contributed by atoms with van der Waals surface area (Å²) >= 11 is 0. The number of nitrogens with zero attached hydrogens (tertiary/aromatic N) is 1. The van der Waals surface area contributed by atoms with Crippen LogP contribution in [0.4, 0.5) is 0 Å². The first kappa shape index (κ1) is 39.9. The van der Waals surface area contributed by atoms with E-state index >= 15 is 0 Å². The second kappa shape index (κ2) is 15.7. The van der Waals surface area contributed by atoms with E-state index in [9.17, 15) is 24.6 Å². The summed E-state index contributed by atoms with van der Waals surface area (Å²) in [5.74, 6) is 0.891. The van der Waals surface area contributed by atoms with E-state index in [-0.39, 0.29) is 55.2 Å². The number of carbonyl (C=O) groups is 2. The highest BCUT2D eigenvalue weighted by Crippen LogP contribution is 2.58. The van der Waals surface area contributed by atoms with Crippen molar-refractivity contribution < 1.29 is 33.7 Å². The van der Waals surface area contributed by atoms with Crippen molar-refractivity contribution in [2.75, 3.05) is 39.1 Å². The van der Waals surface area contributed by atoms with Crippen LogP contribution in [0.5, 0.6) is 5.75 Å². The Balaban J connectivity index is 1.26. The molecule has 12 nitrogen and oxygen atoms in total. The summed E-state index contributed by atoms with van der Waals surface area (Å²) in [5, 5.41) is 26.9. The van der Waals surface area contributed by atoms with Gasteiger partial charge in [0.25, 0.3) is 0 Å². The minimum absolute atomic E-state index is 0.0733. The lowest BCUT2D eigenvalue weighted by atomic mass is 9.61. The highest BCUT2D eigenvalue weighted by molar-refractivity contribution is 8.77. The number of carbonyl (C=O) groups excluding carboxylic acids is 2. The van der Waals surface area contributed by atoms with E-state index in [1.807, 2.05) is 31.0 Å². The summed E-state index contributed by atoms with van der Waals surface area (Å²) in [6.45, 7) is 6.30. The van der Waals surface area contributed by atoms with E-state index in [0.717, 1.165) is 22.3 Å². The predicted molar refractivity (Wildman–Crippen MR) is 222 cm³/mol. The Morgan fingerprint density at radius 2 is 2.07 bits per heavy atom. The summed E-state index contributed by atoms with van der Waals surface area (Å²) in [4.78, 5) is 43.4. The number of nitrogens with one attached hydrogen (secondary N) is 2. The van der Waals surface area contributed by atoms with Crippen molar-refractivity contribution in [3.63, 3.8) is 0 Å². The Bertz CT molecular complexity index is 2200. The molecule has 2 aromatic rings. The maximum atomic E-state index is 14.4. The van der Waals surface area contributed by atoms with Crippen LogP contribution >= 0.6 is 21.6 Å². The van der Waals surface area contributed by atoms with Crippen molar-refractivity contribution in [3.05, 3.63) is 98.2 Å². The molecule has 8 rings (SSSR count). The van der Waals surface area contributed by atoms with Crippen molar-refractivity contribution in [1.29, 1.82) is 0 Å². The van der Waals surface area contributed by atoms with E-state index in [2.05, 4.69) is 28.9 Å². The lowest BCUT2D eigenvalue weighted by molar-refractivity contribution is -0.186. The van der Waals surface area contributed by atoms with Gasteiger partial charge < -0.3 is 45.4 Å². The number of aliphatic hydroxyl groups excluding tert-OH is 2. The molecule has 2 aliphatic carbocycles. The van der Waals surface area contributed by atoms with Crippen LogP contribution in [0.1, 0.15) is 51.2 Å². The molecular formula is C43H52N4O8S2. The van der Waals surface area contributed by atoms with Gasteiger partial charge in [-0.05, 0) is 81.5 Å². The van der Waals surface area contributed by atoms with Crippen molar-refractivity contribution in [1.82, 2.24) is 15.5 Å². The van der Waals surface area contributed by atoms with Gasteiger partial charge in [-0.1, -0.05) is 51.5 Å². The standard InChI is InChI=1S/C43H52N4O8S2/c1-5-23(2)40(51)55-42(3)10-8-25-22-56-57-35-7-6-32(45-4)31-20-47(39(31)35)37(50)15-29-19-46-36(44)16-30(29)38(25)43(42)18-28-14-26-13-27(12-24(21-49)9-11-48)41(52)53-33(26)17-34(28)54-43/h5-8,13-14,16-17,24,31-32,35,38-39,45-46,48-49H,9-12,15,18-22,44H2,1-4H3/b23-5+/t24-,31-,32+,35-,38+,39-,42-,43-/m1/s1. The summed E-state index contributed by atoms with van der Waals surface area (Å²) < 4.78 is 19.8. The number of ether oxygens (including phenoxy) is 2. The fourth-order valence-electron chi connectivity index (χ4n) is 9.68. The molecule has 0 unspecified atom stereocenters. The van der Waals surface area contributed by atoms with E-state index in [4.69, 9.17) is 19.6 Å². The first-order valence-electron chi connectivity index (χ1n) is 19.8. The van der Waals surface area contributed by atoms with Gasteiger partial charge in [0.1, 0.15) is 11.3 Å². The number of rotatable bonds is 8. The average molecular weight is 817 g/mol. The lowest BCUT2D eigenvalue weighted by Crippen LogP contribution is -2.68. The molecule has 4 aliphatic heterocycles. The summed E-state index contributed by atoms with van der Waals surface area (Å²) in [6, 6.07) is 5.85. The fraction of sp³-hybridized carbons (Fsp3) is 0.512. The topological polar surface area (TPSA) is 177 Å². The lowest BCUT2D eigenvalue weighted by Gasteiger charge is -2.55. The van der Waals surface area contributed by atoms with Gasteiger partial charge in [-0.2, -0.15) is 0 Å². The first-order valence-corrected chi connectivity index (χ1v) is 22.2. The van der Waals surface area contributed by atoms with Gasteiger partial charge in [0.05, 0.1) is 29.5 Å². The third-order valence-corrected chi connectivity index (χ3v) is 15.7. The van der Waals surface area contributed by atoms with Crippen molar-refractivity contribution in [3.8, 4) is 5.75 Å². The molecule has 1 amide bonds. The van der Waals surface area contributed by atoms with Crippen LogP contribution < -0.4 is 26.7 Å².